The van der Waals surface area contributed by atoms with Crippen molar-refractivity contribution >= 4 is 22.7 Å². The molecule has 2 atom stereocenters. The van der Waals surface area contributed by atoms with Crippen LogP contribution >= 0.6 is 0 Å². The first-order valence-corrected chi connectivity index (χ1v) is 7.74. The summed E-state index contributed by atoms with van der Waals surface area (Å²) in [6, 6.07) is 9.56. The molecular weight excluding hydrogens is 278 g/mol. The zero-order chi connectivity index (χ0) is 15.0. The molecule has 0 aromatic heterocycles. The molecule has 0 fully saturated rings. The zero-order valence-electron chi connectivity index (χ0n) is 11.5. The molecule has 1 aromatic carbocycles. The Morgan fingerprint density at radius 3 is 2.55 bits per heavy atom. The van der Waals surface area contributed by atoms with Gasteiger partial charge in [-0.2, -0.15) is 0 Å². The third-order valence-corrected chi connectivity index (χ3v) is 3.98. The van der Waals surface area contributed by atoms with Crippen molar-refractivity contribution in [2.24, 2.45) is 0 Å². The third-order valence-electron chi connectivity index (χ3n) is 3.08. The van der Waals surface area contributed by atoms with Crippen LogP contribution in [0.15, 0.2) is 30.3 Å². The van der Waals surface area contributed by atoms with Crippen molar-refractivity contribution in [2.75, 3.05) is 18.0 Å². The number of hydrogen-bond donors (Lipinski definition) is 1. The molecule has 0 amide bonds. The van der Waals surface area contributed by atoms with E-state index in [0.717, 1.165) is 5.69 Å². The fraction of sp³-hybridized carbons (Fsp3) is 0.500. The van der Waals surface area contributed by atoms with E-state index in [1.165, 1.54) is 0 Å². The van der Waals surface area contributed by atoms with Gasteiger partial charge in [-0.15, -0.1) is 0 Å². The minimum Gasteiger partial charge on any atom is -0.772 e. The molecule has 0 aliphatic heterocycles. The average Bonchev–Trinajstić information content (AvgIpc) is 2.42. The van der Waals surface area contributed by atoms with Gasteiger partial charge in [0.15, 0.2) is 0 Å². The van der Waals surface area contributed by atoms with Crippen LogP contribution in [-0.2, 0) is 15.9 Å². The highest BCUT2D eigenvalue weighted by molar-refractivity contribution is 7.79. The smallest absolute Gasteiger partial charge is 0.305 e. The minimum atomic E-state index is -2.04. The van der Waals surface area contributed by atoms with Crippen molar-refractivity contribution < 1.29 is 18.7 Å². The lowest BCUT2D eigenvalue weighted by atomic mass is 10.2. The number of carboxylic acid groups (broad SMARTS) is 1. The monoisotopic (exact) mass is 298 g/mol. The number of rotatable bonds is 9. The number of nitrogens with zero attached hydrogens (tertiary/aromatic N) is 1. The number of hydrogen-bond acceptors (Lipinski definition) is 4. The zero-order valence-corrected chi connectivity index (χ0v) is 12.3. The topological polar surface area (TPSA) is 80.7 Å². The molecule has 0 heterocycles. The molecule has 112 valence electrons. The molecule has 0 saturated carbocycles. The quantitative estimate of drug-likeness (QED) is 0.705. The number of carboxylic acids is 1. The summed E-state index contributed by atoms with van der Waals surface area (Å²) in [5, 5.41) is 8.42. The predicted octanol–water partition coefficient (Wildman–Crippen LogP) is 2.02. The molecule has 0 spiro atoms. The highest BCUT2D eigenvalue weighted by Gasteiger charge is 2.09. The Hall–Kier alpha value is -1.40. The van der Waals surface area contributed by atoms with Crippen LogP contribution in [0.5, 0.6) is 0 Å². The largest absolute Gasteiger partial charge is 0.772 e. The SMILES string of the molecule is CC(CCCN(CCC(=O)O)c1ccccc1)S(=O)[O-]. The first kappa shape index (κ1) is 16.7. The van der Waals surface area contributed by atoms with Crippen molar-refractivity contribution in [1.82, 2.24) is 0 Å². The molecule has 6 heteroatoms. The minimum absolute atomic E-state index is 0.0674. The van der Waals surface area contributed by atoms with Crippen LogP contribution in [0.25, 0.3) is 0 Å². The van der Waals surface area contributed by atoms with Gasteiger partial charge in [-0.3, -0.25) is 9.00 Å². The van der Waals surface area contributed by atoms with Crippen LogP contribution in [-0.4, -0.2) is 38.2 Å². The van der Waals surface area contributed by atoms with Crippen molar-refractivity contribution in [3.63, 3.8) is 0 Å². The fourth-order valence-corrected chi connectivity index (χ4v) is 2.26. The van der Waals surface area contributed by atoms with E-state index in [-0.39, 0.29) is 11.7 Å². The van der Waals surface area contributed by atoms with Crippen molar-refractivity contribution in [3.8, 4) is 0 Å². The summed E-state index contributed by atoms with van der Waals surface area (Å²) >= 11 is -2.04. The van der Waals surface area contributed by atoms with Gasteiger partial charge in [0.1, 0.15) is 0 Å². The second-order valence-corrected chi connectivity index (χ2v) is 6.01. The van der Waals surface area contributed by atoms with E-state index in [9.17, 15) is 13.6 Å². The molecule has 0 aliphatic carbocycles. The van der Waals surface area contributed by atoms with Gasteiger partial charge in [-0.1, -0.05) is 36.2 Å². The maximum absolute atomic E-state index is 10.8. The fourth-order valence-electron chi connectivity index (χ4n) is 1.91. The van der Waals surface area contributed by atoms with E-state index in [0.29, 0.717) is 25.9 Å². The van der Waals surface area contributed by atoms with Crippen LogP contribution in [0, 0.1) is 0 Å². The molecule has 0 aliphatic rings. The van der Waals surface area contributed by atoms with Gasteiger partial charge >= 0.3 is 5.97 Å². The van der Waals surface area contributed by atoms with E-state index >= 15 is 0 Å². The Labute approximate surface area is 121 Å². The van der Waals surface area contributed by atoms with Gasteiger partial charge in [-0.05, 0) is 25.0 Å². The summed E-state index contributed by atoms with van der Waals surface area (Å²) < 4.78 is 21.5. The van der Waals surface area contributed by atoms with Crippen molar-refractivity contribution in [3.05, 3.63) is 30.3 Å². The first-order chi connectivity index (χ1) is 9.50. The Morgan fingerprint density at radius 1 is 1.35 bits per heavy atom. The van der Waals surface area contributed by atoms with Crippen molar-refractivity contribution in [1.29, 1.82) is 0 Å². The van der Waals surface area contributed by atoms with Gasteiger partial charge in [0.2, 0.25) is 0 Å². The molecular formula is C14H20NO4S-. The number of anilines is 1. The summed E-state index contributed by atoms with van der Waals surface area (Å²) in [5.74, 6) is -0.833. The van der Waals surface area contributed by atoms with Gasteiger partial charge in [0.05, 0.1) is 6.42 Å². The van der Waals surface area contributed by atoms with Gasteiger partial charge in [-0.25, -0.2) is 0 Å². The van der Waals surface area contributed by atoms with Crippen molar-refractivity contribution in [2.45, 2.75) is 31.4 Å². The summed E-state index contributed by atoms with van der Waals surface area (Å²) in [6.45, 7) is 2.75. The lowest BCUT2D eigenvalue weighted by Crippen LogP contribution is -2.28. The summed E-state index contributed by atoms with van der Waals surface area (Å²) in [7, 11) is 0. The normalized spacial score (nSPS) is 13.7. The maximum Gasteiger partial charge on any atom is 0.305 e. The highest BCUT2D eigenvalue weighted by atomic mass is 32.2. The maximum atomic E-state index is 10.8. The molecule has 1 rings (SSSR count). The van der Waals surface area contributed by atoms with Crippen LogP contribution < -0.4 is 4.90 Å². The molecule has 0 radical (unpaired) electrons. The lowest BCUT2D eigenvalue weighted by Gasteiger charge is -2.25. The van der Waals surface area contributed by atoms with Crippen LogP contribution in [0.1, 0.15) is 26.2 Å². The van der Waals surface area contributed by atoms with Gasteiger partial charge in [0, 0.05) is 24.0 Å². The summed E-state index contributed by atoms with van der Waals surface area (Å²) in [5.41, 5.74) is 0.963. The van der Waals surface area contributed by atoms with Crippen LogP contribution in [0.3, 0.4) is 0 Å². The Kier molecular flexibility index (Phi) is 7.25. The van der Waals surface area contributed by atoms with E-state index in [1.807, 2.05) is 35.2 Å². The molecule has 0 saturated heterocycles. The Bertz CT molecular complexity index is 438. The number of benzene rings is 1. The van der Waals surface area contributed by atoms with E-state index in [1.54, 1.807) is 6.92 Å². The molecule has 2 unspecified atom stereocenters. The van der Waals surface area contributed by atoms with E-state index in [2.05, 4.69) is 0 Å². The number of para-hydroxylation sites is 1. The summed E-state index contributed by atoms with van der Waals surface area (Å²) in [4.78, 5) is 12.7. The first-order valence-electron chi connectivity index (χ1n) is 6.60. The Morgan fingerprint density at radius 2 is 2.00 bits per heavy atom. The molecule has 1 N–H and O–H groups in total. The highest BCUT2D eigenvalue weighted by Crippen LogP contribution is 2.15. The number of carbonyl (C=O) groups is 1. The standard InChI is InChI=1S/C14H21NO4S/c1-12(20(18)19)6-5-10-15(11-9-14(16)17)13-7-3-2-4-8-13/h2-4,7-8,12H,5-6,9-11H2,1H3,(H,16,17)(H,18,19)/p-1. The average molecular weight is 298 g/mol. The molecule has 1 aromatic rings. The molecule has 5 nitrogen and oxygen atoms in total. The molecule has 0 bridgehead atoms. The van der Waals surface area contributed by atoms with E-state index in [4.69, 9.17) is 5.11 Å². The second kappa shape index (κ2) is 8.71. The second-order valence-electron chi connectivity index (χ2n) is 4.68. The van der Waals surface area contributed by atoms with Gasteiger partial charge < -0.3 is 14.6 Å². The summed E-state index contributed by atoms with van der Waals surface area (Å²) in [6.07, 6.45) is 1.36. The van der Waals surface area contributed by atoms with E-state index < -0.39 is 17.0 Å². The van der Waals surface area contributed by atoms with Gasteiger partial charge in [0.25, 0.3) is 0 Å². The van der Waals surface area contributed by atoms with Crippen LogP contribution in [0.4, 0.5) is 5.69 Å². The number of aliphatic carboxylic acids is 1. The lowest BCUT2D eigenvalue weighted by molar-refractivity contribution is -0.136. The van der Waals surface area contributed by atoms with Crippen LogP contribution in [0.2, 0.25) is 0 Å². The predicted molar refractivity (Wildman–Crippen MR) is 78.5 cm³/mol. The third kappa shape index (κ3) is 6.16. The Balaban J connectivity index is 2.55. The molecule has 20 heavy (non-hydrogen) atoms.